The molecular formula is C12H10ClFN4O2. The lowest BCUT2D eigenvalue weighted by Gasteiger charge is -2.12. The predicted molar refractivity (Wildman–Crippen MR) is 70.2 cm³/mol. The van der Waals surface area contributed by atoms with Crippen molar-refractivity contribution in [3.8, 4) is 0 Å². The maximum absolute atomic E-state index is 13.0. The van der Waals surface area contributed by atoms with Gasteiger partial charge in [0.25, 0.3) is 0 Å². The number of pyridine rings is 2. The topological polar surface area (TPSA) is 70.7 Å². The van der Waals surface area contributed by atoms with Crippen LogP contribution >= 0.6 is 11.6 Å². The number of rotatable bonds is 1. The van der Waals surface area contributed by atoms with Crippen molar-refractivity contribution in [2.75, 3.05) is 11.9 Å². The Kier molecular flexibility index (Phi) is 3.99. The average Bonchev–Trinajstić information content (AvgIpc) is 2.42. The van der Waals surface area contributed by atoms with Gasteiger partial charge >= 0.3 is 6.03 Å². The second-order valence-electron chi connectivity index (χ2n) is 3.82. The monoisotopic (exact) mass is 296 g/mol. The second kappa shape index (κ2) is 5.70. The Morgan fingerprint density at radius 3 is 2.90 bits per heavy atom. The molecule has 0 radical (unpaired) electrons. The third-order valence-electron chi connectivity index (χ3n) is 2.43. The summed E-state index contributed by atoms with van der Waals surface area (Å²) in [6.45, 7) is 0. The first kappa shape index (κ1) is 14.0. The number of carbonyl (C=O) groups excluding carboxylic acids is 1. The number of hydrogen-bond donors (Lipinski definition) is 1. The van der Waals surface area contributed by atoms with Crippen LogP contribution in [0.1, 0.15) is 0 Å². The van der Waals surface area contributed by atoms with Crippen LogP contribution in [0.2, 0.25) is 5.15 Å². The van der Waals surface area contributed by atoms with Gasteiger partial charge in [-0.05, 0) is 18.2 Å². The molecule has 2 heterocycles. The van der Waals surface area contributed by atoms with E-state index in [0.29, 0.717) is 4.73 Å². The summed E-state index contributed by atoms with van der Waals surface area (Å²) in [6.07, 6.45) is 1.24. The minimum absolute atomic E-state index is 0.00517. The van der Waals surface area contributed by atoms with Crippen molar-refractivity contribution >= 4 is 23.4 Å². The molecule has 2 amide bonds. The first-order valence-electron chi connectivity index (χ1n) is 5.50. The fourth-order valence-corrected chi connectivity index (χ4v) is 1.56. The number of hydrogen-bond acceptors (Lipinski definition) is 3. The van der Waals surface area contributed by atoms with Gasteiger partial charge in [0.15, 0.2) is 0 Å². The standard InChI is InChI=1S/C12H10ClFN4O2/c1-17(11-4-2-3-10(14)16-11)12(19)15-8-5-6-18(20)9(13)7-8/h2-7,20H,1H3/b15-8-. The number of aromatic nitrogens is 2. The Hall–Kier alpha value is -2.41. The lowest BCUT2D eigenvalue weighted by atomic mass is 10.4. The summed E-state index contributed by atoms with van der Waals surface area (Å²) in [4.78, 5) is 20.4. The highest BCUT2D eigenvalue weighted by molar-refractivity contribution is 6.29. The predicted octanol–water partition coefficient (Wildman–Crippen LogP) is 2.07. The number of anilines is 1. The minimum atomic E-state index is -0.689. The van der Waals surface area contributed by atoms with Gasteiger partial charge in [-0.2, -0.15) is 14.1 Å². The second-order valence-corrected chi connectivity index (χ2v) is 4.21. The van der Waals surface area contributed by atoms with Crippen LogP contribution in [0.25, 0.3) is 0 Å². The van der Waals surface area contributed by atoms with Crippen molar-refractivity contribution in [2.45, 2.75) is 0 Å². The largest absolute Gasteiger partial charge is 0.428 e. The molecule has 2 rings (SSSR count). The number of urea groups is 1. The minimum Gasteiger partial charge on any atom is -0.428 e. The number of halogens is 2. The van der Waals surface area contributed by atoms with Crippen molar-refractivity contribution in [2.24, 2.45) is 4.99 Å². The van der Waals surface area contributed by atoms with Crippen molar-refractivity contribution in [3.63, 3.8) is 0 Å². The van der Waals surface area contributed by atoms with Crippen LogP contribution in [0.5, 0.6) is 0 Å². The van der Waals surface area contributed by atoms with Crippen LogP contribution in [0.15, 0.2) is 41.5 Å². The van der Waals surface area contributed by atoms with E-state index >= 15 is 0 Å². The summed E-state index contributed by atoms with van der Waals surface area (Å²) >= 11 is 5.68. The van der Waals surface area contributed by atoms with E-state index in [9.17, 15) is 14.4 Å². The van der Waals surface area contributed by atoms with E-state index in [0.717, 1.165) is 4.90 Å². The quantitative estimate of drug-likeness (QED) is 0.647. The molecule has 0 bridgehead atoms. The molecule has 0 saturated heterocycles. The Balaban J connectivity index is 2.29. The lowest BCUT2D eigenvalue weighted by molar-refractivity contribution is 0.185. The molecule has 0 aliphatic heterocycles. The third-order valence-corrected chi connectivity index (χ3v) is 2.71. The molecule has 104 valence electrons. The van der Waals surface area contributed by atoms with Crippen LogP contribution in [-0.4, -0.2) is 28.0 Å². The van der Waals surface area contributed by atoms with Crippen molar-refractivity contribution in [3.05, 3.63) is 53.0 Å². The van der Waals surface area contributed by atoms with Gasteiger partial charge in [0.1, 0.15) is 11.0 Å². The molecule has 1 N–H and O–H groups in total. The average molecular weight is 297 g/mol. The van der Waals surface area contributed by atoms with Crippen LogP contribution in [0.4, 0.5) is 15.0 Å². The Bertz CT molecular complexity index is 717. The molecule has 20 heavy (non-hydrogen) atoms. The smallest absolute Gasteiger partial charge is 0.349 e. The van der Waals surface area contributed by atoms with Gasteiger partial charge in [0.2, 0.25) is 5.95 Å². The fourth-order valence-electron chi connectivity index (χ4n) is 1.39. The molecule has 0 saturated carbocycles. The molecule has 0 unspecified atom stereocenters. The summed E-state index contributed by atoms with van der Waals surface area (Å²) < 4.78 is 13.7. The summed E-state index contributed by atoms with van der Waals surface area (Å²) in [7, 11) is 1.42. The van der Waals surface area contributed by atoms with E-state index in [4.69, 9.17) is 11.6 Å². The summed E-state index contributed by atoms with van der Waals surface area (Å²) in [5.74, 6) is -0.552. The summed E-state index contributed by atoms with van der Waals surface area (Å²) in [6, 6.07) is 6.17. The first-order valence-corrected chi connectivity index (χ1v) is 5.87. The lowest BCUT2D eigenvalue weighted by Crippen LogP contribution is -2.26. The number of nitrogens with zero attached hydrogens (tertiary/aromatic N) is 4. The molecule has 8 heteroatoms. The molecule has 0 aromatic carbocycles. The first-order chi connectivity index (χ1) is 9.47. The number of carbonyl (C=O) groups is 1. The van der Waals surface area contributed by atoms with Gasteiger partial charge in [-0.15, -0.1) is 0 Å². The highest BCUT2D eigenvalue weighted by atomic mass is 35.5. The molecular weight excluding hydrogens is 287 g/mol. The van der Waals surface area contributed by atoms with Gasteiger partial charge in [0.05, 0.1) is 5.36 Å². The molecule has 2 aromatic heterocycles. The Morgan fingerprint density at radius 1 is 1.50 bits per heavy atom. The Labute approximate surface area is 118 Å². The maximum Gasteiger partial charge on any atom is 0.349 e. The van der Waals surface area contributed by atoms with Crippen LogP contribution in [0.3, 0.4) is 0 Å². The van der Waals surface area contributed by atoms with Crippen molar-refractivity contribution < 1.29 is 14.4 Å². The van der Waals surface area contributed by atoms with Crippen molar-refractivity contribution in [1.82, 2.24) is 9.71 Å². The zero-order valence-corrected chi connectivity index (χ0v) is 11.1. The molecule has 0 fully saturated rings. The van der Waals surface area contributed by atoms with Crippen molar-refractivity contribution in [1.29, 1.82) is 0 Å². The zero-order chi connectivity index (χ0) is 14.7. The Morgan fingerprint density at radius 2 is 2.25 bits per heavy atom. The zero-order valence-electron chi connectivity index (χ0n) is 10.4. The van der Waals surface area contributed by atoms with E-state index in [1.165, 1.54) is 43.6 Å². The van der Waals surface area contributed by atoms with Crippen LogP contribution in [-0.2, 0) is 0 Å². The van der Waals surface area contributed by atoms with Gasteiger partial charge in [-0.3, -0.25) is 4.90 Å². The SMILES string of the molecule is CN(C(=O)/N=c1/ccn(O)c(Cl)c1)c1cccc(F)n1. The van der Waals surface area contributed by atoms with E-state index in [1.807, 2.05) is 0 Å². The molecule has 0 spiro atoms. The van der Waals surface area contributed by atoms with Gasteiger partial charge in [-0.1, -0.05) is 17.7 Å². The normalized spacial score (nSPS) is 11.4. The highest BCUT2D eigenvalue weighted by Crippen LogP contribution is 2.10. The van der Waals surface area contributed by atoms with Gasteiger partial charge in [-0.25, -0.2) is 9.78 Å². The fraction of sp³-hybridized carbons (Fsp3) is 0.0833. The molecule has 0 aliphatic carbocycles. The molecule has 2 aromatic rings. The van der Waals surface area contributed by atoms with Gasteiger partial charge < -0.3 is 5.21 Å². The van der Waals surface area contributed by atoms with Crippen LogP contribution < -0.4 is 10.3 Å². The van der Waals surface area contributed by atoms with E-state index in [1.54, 1.807) is 0 Å². The molecule has 0 aliphatic rings. The van der Waals surface area contributed by atoms with E-state index < -0.39 is 12.0 Å². The maximum atomic E-state index is 13.0. The van der Waals surface area contributed by atoms with Gasteiger partial charge in [0, 0.05) is 19.3 Å². The van der Waals surface area contributed by atoms with Crippen LogP contribution in [0, 0.1) is 5.95 Å². The summed E-state index contributed by atoms with van der Waals surface area (Å²) in [5.41, 5.74) is 0. The summed E-state index contributed by atoms with van der Waals surface area (Å²) in [5, 5.41) is 9.45. The third kappa shape index (κ3) is 3.12. The number of amides is 2. The van der Waals surface area contributed by atoms with E-state index in [2.05, 4.69) is 9.98 Å². The molecule has 6 nitrogen and oxygen atoms in total. The molecule has 0 atom stereocenters. The highest BCUT2D eigenvalue weighted by Gasteiger charge is 2.11. The van der Waals surface area contributed by atoms with E-state index in [-0.39, 0.29) is 16.3 Å².